The normalized spacial score (nSPS) is 14.2. The molecule has 2 aromatic rings. The van der Waals surface area contributed by atoms with Crippen LogP contribution >= 0.6 is 35.4 Å². The highest BCUT2D eigenvalue weighted by atomic mass is 35.5. The first-order valence-corrected chi connectivity index (χ1v) is 9.79. The Balaban J connectivity index is 1.80. The third-order valence-corrected chi connectivity index (χ3v) is 5.59. The van der Waals surface area contributed by atoms with Crippen molar-refractivity contribution in [2.75, 3.05) is 20.2 Å². The highest BCUT2D eigenvalue weighted by Crippen LogP contribution is 2.38. The van der Waals surface area contributed by atoms with Gasteiger partial charge in [0, 0.05) is 29.2 Å². The fourth-order valence-electron chi connectivity index (χ4n) is 3.03. The van der Waals surface area contributed by atoms with E-state index in [2.05, 4.69) is 4.90 Å². The number of likely N-dealkylation sites (tertiary alicyclic amines) is 1. The van der Waals surface area contributed by atoms with Crippen molar-refractivity contribution in [1.82, 2.24) is 4.90 Å². The van der Waals surface area contributed by atoms with Gasteiger partial charge in [0.1, 0.15) is 11.6 Å². The second-order valence-electron chi connectivity index (χ2n) is 6.22. The number of hydrogen-bond acceptors (Lipinski definition) is 3. The van der Waals surface area contributed by atoms with Gasteiger partial charge in [0.15, 0.2) is 11.5 Å². The molecule has 0 amide bonds. The zero-order valence-corrected chi connectivity index (χ0v) is 17.0. The quantitative estimate of drug-likeness (QED) is 0.586. The SMILES string of the molecule is COc1cc(C(=S)N2CCCCC2)cc(Cl)c1OCc1ccccc1Cl. The summed E-state index contributed by atoms with van der Waals surface area (Å²) < 4.78 is 11.4. The fraction of sp³-hybridized carbons (Fsp3) is 0.350. The second kappa shape index (κ2) is 8.94. The molecule has 0 unspecified atom stereocenters. The molecule has 3 nitrogen and oxygen atoms in total. The van der Waals surface area contributed by atoms with Gasteiger partial charge in [0.25, 0.3) is 0 Å². The van der Waals surface area contributed by atoms with Crippen molar-refractivity contribution in [3.8, 4) is 11.5 Å². The molecule has 26 heavy (non-hydrogen) atoms. The number of hydrogen-bond donors (Lipinski definition) is 0. The number of benzene rings is 2. The molecule has 2 aromatic carbocycles. The Morgan fingerprint density at radius 2 is 1.81 bits per heavy atom. The van der Waals surface area contributed by atoms with Crippen LogP contribution in [0.5, 0.6) is 11.5 Å². The molecule has 0 saturated carbocycles. The summed E-state index contributed by atoms with van der Waals surface area (Å²) in [6.45, 7) is 2.29. The lowest BCUT2D eigenvalue weighted by Crippen LogP contribution is -2.34. The summed E-state index contributed by atoms with van der Waals surface area (Å²) in [6, 6.07) is 11.3. The van der Waals surface area contributed by atoms with E-state index in [1.165, 1.54) is 19.3 Å². The third kappa shape index (κ3) is 4.43. The Morgan fingerprint density at radius 1 is 1.08 bits per heavy atom. The molecule has 3 rings (SSSR count). The Morgan fingerprint density at radius 3 is 2.50 bits per heavy atom. The molecule has 1 aliphatic heterocycles. The van der Waals surface area contributed by atoms with Crippen LogP contribution < -0.4 is 9.47 Å². The van der Waals surface area contributed by atoms with Crippen molar-refractivity contribution in [2.24, 2.45) is 0 Å². The van der Waals surface area contributed by atoms with E-state index in [0.29, 0.717) is 28.2 Å². The molecule has 0 radical (unpaired) electrons. The average molecular weight is 410 g/mol. The molecule has 0 atom stereocenters. The summed E-state index contributed by atoms with van der Waals surface area (Å²) in [5.41, 5.74) is 1.77. The van der Waals surface area contributed by atoms with Crippen LogP contribution in [0.4, 0.5) is 0 Å². The van der Waals surface area contributed by atoms with E-state index in [-0.39, 0.29) is 0 Å². The van der Waals surface area contributed by atoms with Gasteiger partial charge in [0.2, 0.25) is 0 Å². The Bertz CT molecular complexity index is 791. The lowest BCUT2D eigenvalue weighted by molar-refractivity contribution is 0.284. The minimum Gasteiger partial charge on any atom is -0.493 e. The van der Waals surface area contributed by atoms with Crippen LogP contribution in [0.3, 0.4) is 0 Å². The predicted molar refractivity (Wildman–Crippen MR) is 111 cm³/mol. The van der Waals surface area contributed by atoms with E-state index < -0.39 is 0 Å². The van der Waals surface area contributed by atoms with Crippen LogP contribution in [-0.2, 0) is 6.61 Å². The predicted octanol–water partition coefficient (Wildman–Crippen LogP) is 5.74. The third-order valence-electron chi connectivity index (χ3n) is 4.45. The molecule has 1 saturated heterocycles. The van der Waals surface area contributed by atoms with Crippen LogP contribution in [-0.4, -0.2) is 30.1 Å². The first-order valence-electron chi connectivity index (χ1n) is 8.63. The fourth-order valence-corrected chi connectivity index (χ4v) is 3.78. The van der Waals surface area contributed by atoms with Crippen molar-refractivity contribution in [3.63, 3.8) is 0 Å². The van der Waals surface area contributed by atoms with Crippen molar-refractivity contribution in [2.45, 2.75) is 25.9 Å². The van der Waals surface area contributed by atoms with E-state index in [9.17, 15) is 0 Å². The smallest absolute Gasteiger partial charge is 0.180 e. The molecule has 1 heterocycles. The molecule has 0 spiro atoms. The van der Waals surface area contributed by atoms with E-state index >= 15 is 0 Å². The summed E-state index contributed by atoms with van der Waals surface area (Å²) in [6.07, 6.45) is 3.60. The van der Waals surface area contributed by atoms with Gasteiger partial charge in [-0.05, 0) is 37.5 Å². The molecule has 0 aliphatic carbocycles. The van der Waals surface area contributed by atoms with Crippen LogP contribution in [0.2, 0.25) is 10.0 Å². The van der Waals surface area contributed by atoms with Gasteiger partial charge in [-0.15, -0.1) is 0 Å². The molecular weight excluding hydrogens is 389 g/mol. The standard InChI is InChI=1S/C20H21Cl2NO2S/c1-24-18-12-15(20(26)23-9-5-2-6-10-23)11-17(22)19(18)25-13-14-7-3-4-8-16(14)21/h3-4,7-8,11-12H,2,5-6,9-10,13H2,1H3. The minimum absolute atomic E-state index is 0.311. The van der Waals surface area contributed by atoms with Gasteiger partial charge in [0.05, 0.1) is 12.1 Å². The summed E-state index contributed by atoms with van der Waals surface area (Å²) in [4.78, 5) is 3.04. The number of thiocarbonyl (C=S) groups is 1. The zero-order valence-electron chi connectivity index (χ0n) is 14.6. The Hall–Kier alpha value is -1.49. The van der Waals surface area contributed by atoms with Crippen molar-refractivity contribution in [1.29, 1.82) is 0 Å². The van der Waals surface area contributed by atoms with E-state index in [1.54, 1.807) is 7.11 Å². The highest BCUT2D eigenvalue weighted by Gasteiger charge is 2.19. The van der Waals surface area contributed by atoms with Gasteiger partial charge in [-0.3, -0.25) is 0 Å². The van der Waals surface area contributed by atoms with E-state index in [0.717, 1.165) is 29.2 Å². The molecule has 1 aliphatic rings. The summed E-state index contributed by atoms with van der Waals surface area (Å²) in [5, 5.41) is 1.14. The lowest BCUT2D eigenvalue weighted by Gasteiger charge is -2.29. The van der Waals surface area contributed by atoms with Gasteiger partial charge < -0.3 is 14.4 Å². The molecular formula is C20H21Cl2NO2S. The Kier molecular flexibility index (Phi) is 6.63. The molecule has 0 N–H and O–H groups in total. The first-order chi connectivity index (χ1) is 12.6. The van der Waals surface area contributed by atoms with Gasteiger partial charge >= 0.3 is 0 Å². The van der Waals surface area contributed by atoms with Crippen LogP contribution in [0.1, 0.15) is 30.4 Å². The Labute approximate surface area is 169 Å². The average Bonchev–Trinajstić information content (AvgIpc) is 2.67. The number of rotatable bonds is 5. The van der Waals surface area contributed by atoms with Gasteiger partial charge in [-0.2, -0.15) is 0 Å². The lowest BCUT2D eigenvalue weighted by atomic mass is 10.1. The zero-order chi connectivity index (χ0) is 18.5. The first kappa shape index (κ1) is 19.3. The summed E-state index contributed by atoms with van der Waals surface area (Å²) >= 11 is 18.3. The van der Waals surface area contributed by atoms with Gasteiger partial charge in [-0.1, -0.05) is 53.6 Å². The maximum atomic E-state index is 6.49. The molecule has 138 valence electrons. The number of halogens is 2. The van der Waals surface area contributed by atoms with E-state index in [1.807, 2.05) is 36.4 Å². The van der Waals surface area contributed by atoms with Crippen LogP contribution in [0.25, 0.3) is 0 Å². The number of nitrogens with zero attached hydrogens (tertiary/aromatic N) is 1. The number of piperidine rings is 1. The molecule has 0 bridgehead atoms. The summed E-state index contributed by atoms with van der Waals surface area (Å²) in [5.74, 6) is 1.07. The van der Waals surface area contributed by atoms with Crippen molar-refractivity contribution < 1.29 is 9.47 Å². The molecule has 0 aromatic heterocycles. The van der Waals surface area contributed by atoms with Gasteiger partial charge in [-0.25, -0.2) is 0 Å². The van der Waals surface area contributed by atoms with Crippen molar-refractivity contribution >= 4 is 40.4 Å². The number of ether oxygens (including phenoxy) is 2. The summed E-state index contributed by atoms with van der Waals surface area (Å²) in [7, 11) is 1.60. The molecule has 6 heteroatoms. The largest absolute Gasteiger partial charge is 0.493 e. The maximum absolute atomic E-state index is 6.49. The van der Waals surface area contributed by atoms with Crippen LogP contribution in [0, 0.1) is 0 Å². The molecule has 1 fully saturated rings. The van der Waals surface area contributed by atoms with Crippen molar-refractivity contribution in [3.05, 3.63) is 57.6 Å². The minimum atomic E-state index is 0.311. The number of methoxy groups -OCH3 is 1. The monoisotopic (exact) mass is 409 g/mol. The van der Waals surface area contributed by atoms with Crippen LogP contribution in [0.15, 0.2) is 36.4 Å². The second-order valence-corrected chi connectivity index (χ2v) is 7.42. The highest BCUT2D eigenvalue weighted by molar-refractivity contribution is 7.80. The topological polar surface area (TPSA) is 21.7 Å². The maximum Gasteiger partial charge on any atom is 0.180 e. The van der Waals surface area contributed by atoms with E-state index in [4.69, 9.17) is 44.9 Å².